The lowest BCUT2D eigenvalue weighted by Crippen LogP contribution is -2.49. The van der Waals surface area contributed by atoms with Crippen LogP contribution in [0.3, 0.4) is 0 Å². The van der Waals surface area contributed by atoms with Crippen LogP contribution in [0.1, 0.15) is 58.3 Å². The number of rotatable bonds is 6. The summed E-state index contributed by atoms with van der Waals surface area (Å²) in [7, 11) is -2.20. The number of ether oxygens (including phenoxy) is 1. The Labute approximate surface area is 183 Å². The van der Waals surface area contributed by atoms with E-state index in [1.165, 1.54) is 5.57 Å². The maximum absolute atomic E-state index is 12.8. The molecule has 0 aliphatic heterocycles. The molecule has 0 radical (unpaired) electrons. The number of methoxy groups -OCH3 is 1. The fourth-order valence-corrected chi connectivity index (χ4v) is 8.78. The Morgan fingerprint density at radius 3 is 2.70 bits per heavy atom. The second-order valence-electron chi connectivity index (χ2n) is 10.3. The monoisotopic (exact) mass is 458 g/mol. The van der Waals surface area contributed by atoms with Crippen LogP contribution in [-0.4, -0.2) is 48.9 Å². The number of allylic oxidation sites excluding steroid dienone is 1. The standard InChI is InChI=1S/C22H34O6S2/c1-21-9-7-16-15-8-10-22(24,13-28-2)11-14(15)3-4-17(16)18(21)5-6-19(21)20(23)12-29-30(25,26)27/h3,15-19,24H,4-13H2,1-2H3,(H,25,26,27)/t15-,16+,17+,18-,19+,21-,22+/m0/s1. The Bertz CT molecular complexity index is 823. The Hall–Kier alpha value is -0.410. The van der Waals surface area contributed by atoms with Crippen molar-refractivity contribution in [2.75, 3.05) is 19.5 Å². The predicted molar refractivity (Wildman–Crippen MR) is 116 cm³/mol. The second kappa shape index (κ2) is 8.18. The highest BCUT2D eigenvalue weighted by atomic mass is 33.1. The molecule has 3 saturated carbocycles. The van der Waals surface area contributed by atoms with Crippen LogP contribution in [0.15, 0.2) is 11.6 Å². The van der Waals surface area contributed by atoms with Crippen LogP contribution in [0.25, 0.3) is 0 Å². The summed E-state index contributed by atoms with van der Waals surface area (Å²) in [5.74, 6) is 1.91. The summed E-state index contributed by atoms with van der Waals surface area (Å²) in [5, 5.41) is 10.8. The van der Waals surface area contributed by atoms with Crippen LogP contribution in [0.5, 0.6) is 0 Å². The Morgan fingerprint density at radius 2 is 2.00 bits per heavy atom. The van der Waals surface area contributed by atoms with Gasteiger partial charge in [0.05, 0.1) is 18.0 Å². The van der Waals surface area contributed by atoms with Gasteiger partial charge >= 0.3 is 9.15 Å². The molecular formula is C22H34O6S2. The summed E-state index contributed by atoms with van der Waals surface area (Å²) in [4.78, 5) is 12.8. The minimum Gasteiger partial charge on any atom is -0.387 e. The predicted octanol–water partition coefficient (Wildman–Crippen LogP) is 3.66. The minimum atomic E-state index is -4.19. The van der Waals surface area contributed by atoms with Gasteiger partial charge in [0.15, 0.2) is 0 Å². The van der Waals surface area contributed by atoms with E-state index in [1.54, 1.807) is 7.11 Å². The molecule has 8 heteroatoms. The topological polar surface area (TPSA) is 101 Å². The molecule has 0 bridgehead atoms. The van der Waals surface area contributed by atoms with Crippen molar-refractivity contribution in [2.24, 2.45) is 35.0 Å². The second-order valence-corrected chi connectivity index (χ2v) is 13.6. The van der Waals surface area contributed by atoms with E-state index in [2.05, 4.69) is 13.0 Å². The zero-order chi connectivity index (χ0) is 21.7. The van der Waals surface area contributed by atoms with Crippen molar-refractivity contribution in [1.29, 1.82) is 0 Å². The van der Waals surface area contributed by atoms with Gasteiger partial charge < -0.3 is 9.84 Å². The molecule has 4 aliphatic carbocycles. The third-order valence-corrected chi connectivity index (χ3v) is 10.7. The molecule has 3 fully saturated rings. The van der Waals surface area contributed by atoms with Crippen LogP contribution in [0.4, 0.5) is 0 Å². The SMILES string of the molecule is COC[C@@]1(O)CC[C@H]2C(=CC[C@@H]3[C@@H]2CC[C@]2(C)[C@@H](C(=O)CSS(=O)(=O)O)CC[C@@H]32)C1. The molecule has 0 aromatic rings. The van der Waals surface area contributed by atoms with Crippen molar-refractivity contribution >= 4 is 25.7 Å². The molecule has 0 spiro atoms. The van der Waals surface area contributed by atoms with E-state index < -0.39 is 14.8 Å². The molecule has 0 aromatic heterocycles. The van der Waals surface area contributed by atoms with Crippen LogP contribution in [-0.2, 0) is 18.7 Å². The third-order valence-electron chi connectivity index (χ3n) is 8.74. The van der Waals surface area contributed by atoms with E-state index in [0.29, 0.717) is 47.5 Å². The molecule has 2 N–H and O–H groups in total. The van der Waals surface area contributed by atoms with Gasteiger partial charge in [-0.05, 0) is 80.5 Å². The van der Waals surface area contributed by atoms with Crippen molar-refractivity contribution < 1.29 is 27.6 Å². The highest BCUT2D eigenvalue weighted by Gasteiger charge is 2.57. The highest BCUT2D eigenvalue weighted by molar-refractivity contribution is 8.70. The normalized spacial score (nSPS) is 43.3. The first kappa shape index (κ1) is 22.8. The van der Waals surface area contributed by atoms with Crippen LogP contribution >= 0.6 is 10.8 Å². The van der Waals surface area contributed by atoms with E-state index >= 15 is 0 Å². The van der Waals surface area contributed by atoms with Crippen molar-refractivity contribution in [1.82, 2.24) is 0 Å². The zero-order valence-corrected chi connectivity index (χ0v) is 19.5. The molecule has 0 aromatic carbocycles. The number of ketones is 1. The first-order valence-corrected chi connectivity index (χ1v) is 14.1. The molecular weight excluding hydrogens is 424 g/mol. The van der Waals surface area contributed by atoms with Crippen molar-refractivity contribution in [3.63, 3.8) is 0 Å². The fraction of sp³-hybridized carbons (Fsp3) is 0.864. The van der Waals surface area contributed by atoms with E-state index in [-0.39, 0.29) is 22.9 Å². The molecule has 30 heavy (non-hydrogen) atoms. The Kier molecular flexibility index (Phi) is 6.21. The summed E-state index contributed by atoms with van der Waals surface area (Å²) in [6.07, 6.45) is 9.81. The van der Waals surface area contributed by atoms with Gasteiger partial charge in [-0.25, -0.2) is 0 Å². The van der Waals surface area contributed by atoms with Gasteiger partial charge in [0.2, 0.25) is 0 Å². The van der Waals surface area contributed by atoms with Gasteiger partial charge in [0.25, 0.3) is 0 Å². The van der Waals surface area contributed by atoms with E-state index in [9.17, 15) is 18.3 Å². The van der Waals surface area contributed by atoms with Gasteiger partial charge in [-0.3, -0.25) is 9.35 Å². The lowest BCUT2D eigenvalue weighted by Gasteiger charge is -2.54. The maximum Gasteiger partial charge on any atom is 0.320 e. The molecule has 7 atom stereocenters. The molecule has 0 saturated heterocycles. The van der Waals surface area contributed by atoms with Gasteiger partial charge in [-0.2, -0.15) is 8.42 Å². The average molecular weight is 459 g/mol. The smallest absolute Gasteiger partial charge is 0.320 e. The fourth-order valence-electron chi connectivity index (χ4n) is 7.52. The van der Waals surface area contributed by atoms with Gasteiger partial charge in [0.1, 0.15) is 5.78 Å². The number of carbonyl (C=O) groups excluding carboxylic acids is 1. The third kappa shape index (κ3) is 4.15. The number of fused-ring (bicyclic) bond motifs is 5. The van der Waals surface area contributed by atoms with Crippen LogP contribution < -0.4 is 0 Å². The largest absolute Gasteiger partial charge is 0.387 e. The zero-order valence-electron chi connectivity index (χ0n) is 17.9. The average Bonchev–Trinajstić information content (AvgIpc) is 3.02. The molecule has 0 heterocycles. The quantitative estimate of drug-likeness (QED) is 0.356. The number of carbonyl (C=O) groups is 1. The molecule has 6 nitrogen and oxygen atoms in total. The van der Waals surface area contributed by atoms with Crippen LogP contribution in [0.2, 0.25) is 0 Å². The van der Waals surface area contributed by atoms with Crippen molar-refractivity contribution in [3.8, 4) is 0 Å². The van der Waals surface area contributed by atoms with E-state index in [1.807, 2.05) is 0 Å². The van der Waals surface area contributed by atoms with Crippen molar-refractivity contribution in [2.45, 2.75) is 63.9 Å². The molecule has 4 aliphatic rings. The first-order chi connectivity index (χ1) is 14.1. The number of aliphatic hydroxyl groups is 1. The molecule has 170 valence electrons. The summed E-state index contributed by atoms with van der Waals surface area (Å²) < 4.78 is 36.4. The summed E-state index contributed by atoms with van der Waals surface area (Å²) in [5.41, 5.74) is 0.596. The number of hydrogen-bond donors (Lipinski definition) is 2. The Balaban J connectivity index is 1.49. The molecule has 0 unspecified atom stereocenters. The van der Waals surface area contributed by atoms with Crippen LogP contribution in [0, 0.1) is 35.0 Å². The van der Waals surface area contributed by atoms with E-state index in [0.717, 1.165) is 44.9 Å². The lowest BCUT2D eigenvalue weighted by atomic mass is 9.51. The van der Waals surface area contributed by atoms with Gasteiger partial charge in [0, 0.05) is 23.8 Å². The summed E-state index contributed by atoms with van der Waals surface area (Å²) >= 11 is 0. The van der Waals surface area contributed by atoms with E-state index in [4.69, 9.17) is 9.29 Å². The lowest BCUT2D eigenvalue weighted by molar-refractivity contribution is -0.126. The maximum atomic E-state index is 12.8. The summed E-state index contributed by atoms with van der Waals surface area (Å²) in [6.45, 7) is 2.62. The van der Waals surface area contributed by atoms with Gasteiger partial charge in [-0.15, -0.1) is 0 Å². The highest BCUT2D eigenvalue weighted by Crippen LogP contribution is 2.63. The van der Waals surface area contributed by atoms with Crippen molar-refractivity contribution in [3.05, 3.63) is 11.6 Å². The minimum absolute atomic E-state index is 0.0320. The molecule has 0 amide bonds. The molecule has 4 rings (SSSR count). The number of Topliss-reactive ketones (excluding diaryl/α,β-unsaturated/α-hetero) is 1. The summed E-state index contributed by atoms with van der Waals surface area (Å²) in [6, 6.07) is 0. The first-order valence-electron chi connectivity index (χ1n) is 11.1. The Morgan fingerprint density at radius 1 is 1.23 bits per heavy atom. The number of hydrogen-bond acceptors (Lipinski definition) is 6. The van der Waals surface area contributed by atoms with Gasteiger partial charge in [-0.1, -0.05) is 18.6 Å².